The zero-order chi connectivity index (χ0) is 8.74. The molecule has 0 spiro atoms. The molecule has 2 N–H and O–H groups in total. The summed E-state index contributed by atoms with van der Waals surface area (Å²) in [4.78, 5) is 0. The van der Waals surface area contributed by atoms with Crippen LogP contribution in [0.5, 0.6) is 0 Å². The molecule has 0 bridgehead atoms. The molecule has 68 valence electrons. The lowest BCUT2D eigenvalue weighted by Crippen LogP contribution is -2.33. The van der Waals surface area contributed by atoms with Gasteiger partial charge in [0.25, 0.3) is 0 Å². The van der Waals surface area contributed by atoms with Crippen molar-refractivity contribution in [2.45, 2.75) is 45.6 Å². The highest BCUT2D eigenvalue weighted by Gasteiger charge is 2.08. The van der Waals surface area contributed by atoms with Gasteiger partial charge in [-0.15, -0.1) is 0 Å². The summed E-state index contributed by atoms with van der Waals surface area (Å²) in [6, 6.07) is 0. The van der Waals surface area contributed by atoms with Gasteiger partial charge in [-0.2, -0.15) is 0 Å². The van der Waals surface area contributed by atoms with E-state index in [2.05, 4.69) is 6.92 Å². The average molecular weight is 159 g/mol. The summed E-state index contributed by atoms with van der Waals surface area (Å²) in [5.74, 6) is 0. The lowest BCUT2D eigenvalue weighted by atomic mass is 10.0. The van der Waals surface area contributed by atoms with Gasteiger partial charge in [0, 0.05) is 18.8 Å². The number of rotatable bonds is 6. The summed E-state index contributed by atoms with van der Waals surface area (Å²) >= 11 is 0. The van der Waals surface area contributed by atoms with Crippen LogP contribution in [0, 0.1) is 0 Å². The topological polar surface area (TPSA) is 35.2 Å². The lowest BCUT2D eigenvalue weighted by molar-refractivity contribution is 0.116. The molecule has 0 aromatic rings. The van der Waals surface area contributed by atoms with Gasteiger partial charge < -0.3 is 10.5 Å². The second-order valence-corrected chi connectivity index (χ2v) is 3.70. The van der Waals surface area contributed by atoms with E-state index in [0.717, 1.165) is 26.1 Å². The standard InChI is InChI=1S/C9H21NO/c1-4-5-7-11-8-6-9(2,3)10/h4-8,10H2,1-3H3. The van der Waals surface area contributed by atoms with Crippen LogP contribution in [-0.2, 0) is 4.74 Å². The fourth-order valence-electron chi connectivity index (χ4n) is 0.684. The summed E-state index contributed by atoms with van der Waals surface area (Å²) in [6.45, 7) is 7.89. The molecule has 0 aliphatic heterocycles. The molecule has 0 amide bonds. The molecule has 0 aliphatic carbocycles. The fraction of sp³-hybridized carbons (Fsp3) is 1.00. The Morgan fingerprint density at radius 1 is 1.27 bits per heavy atom. The molecule has 0 atom stereocenters. The summed E-state index contributed by atoms with van der Waals surface area (Å²) < 4.78 is 5.37. The van der Waals surface area contributed by atoms with Crippen molar-refractivity contribution in [1.29, 1.82) is 0 Å². The second kappa shape index (κ2) is 5.56. The van der Waals surface area contributed by atoms with E-state index >= 15 is 0 Å². The Balaban J connectivity index is 3.02. The van der Waals surface area contributed by atoms with Crippen molar-refractivity contribution in [2.24, 2.45) is 5.73 Å². The Bertz CT molecular complexity index is 86.1. The van der Waals surface area contributed by atoms with Crippen molar-refractivity contribution < 1.29 is 4.74 Å². The van der Waals surface area contributed by atoms with Crippen molar-refractivity contribution in [1.82, 2.24) is 0 Å². The van der Waals surface area contributed by atoms with E-state index in [1.807, 2.05) is 13.8 Å². The number of ether oxygens (including phenoxy) is 1. The summed E-state index contributed by atoms with van der Waals surface area (Å²) in [6.07, 6.45) is 3.30. The van der Waals surface area contributed by atoms with Gasteiger partial charge >= 0.3 is 0 Å². The van der Waals surface area contributed by atoms with Crippen molar-refractivity contribution >= 4 is 0 Å². The van der Waals surface area contributed by atoms with Crippen molar-refractivity contribution in [3.8, 4) is 0 Å². The number of unbranched alkanes of at least 4 members (excludes halogenated alkanes) is 1. The predicted octanol–water partition coefficient (Wildman–Crippen LogP) is 1.93. The first kappa shape index (κ1) is 10.9. The highest BCUT2D eigenvalue weighted by Crippen LogP contribution is 2.03. The third-order valence-electron chi connectivity index (χ3n) is 1.53. The van der Waals surface area contributed by atoms with Gasteiger partial charge in [0.15, 0.2) is 0 Å². The molecule has 0 aromatic heterocycles. The number of hydrogen-bond acceptors (Lipinski definition) is 2. The Kier molecular flexibility index (Phi) is 5.51. The maximum atomic E-state index is 5.77. The van der Waals surface area contributed by atoms with Crippen LogP contribution in [0.4, 0.5) is 0 Å². The minimum Gasteiger partial charge on any atom is -0.381 e. The van der Waals surface area contributed by atoms with Crippen LogP contribution in [0.25, 0.3) is 0 Å². The quantitative estimate of drug-likeness (QED) is 0.601. The van der Waals surface area contributed by atoms with Crippen LogP contribution in [0.2, 0.25) is 0 Å². The van der Waals surface area contributed by atoms with E-state index in [1.165, 1.54) is 6.42 Å². The minimum absolute atomic E-state index is 0.0772. The minimum atomic E-state index is -0.0772. The Morgan fingerprint density at radius 2 is 1.91 bits per heavy atom. The van der Waals surface area contributed by atoms with E-state index in [1.54, 1.807) is 0 Å². The first-order chi connectivity index (χ1) is 5.06. The van der Waals surface area contributed by atoms with E-state index in [4.69, 9.17) is 10.5 Å². The van der Waals surface area contributed by atoms with Crippen LogP contribution < -0.4 is 5.73 Å². The van der Waals surface area contributed by atoms with E-state index < -0.39 is 0 Å². The molecule has 0 saturated carbocycles. The zero-order valence-electron chi connectivity index (χ0n) is 8.02. The van der Waals surface area contributed by atoms with Crippen LogP contribution >= 0.6 is 0 Å². The third kappa shape index (κ3) is 9.92. The zero-order valence-corrected chi connectivity index (χ0v) is 8.02. The van der Waals surface area contributed by atoms with Crippen LogP contribution in [0.15, 0.2) is 0 Å². The predicted molar refractivity (Wildman–Crippen MR) is 48.6 cm³/mol. The molecule has 0 radical (unpaired) electrons. The van der Waals surface area contributed by atoms with Crippen LogP contribution in [-0.4, -0.2) is 18.8 Å². The van der Waals surface area contributed by atoms with E-state index in [-0.39, 0.29) is 5.54 Å². The summed E-state index contributed by atoms with van der Waals surface area (Å²) in [5, 5.41) is 0. The Labute approximate surface area is 70.1 Å². The fourth-order valence-corrected chi connectivity index (χ4v) is 0.684. The molecule has 0 heterocycles. The summed E-state index contributed by atoms with van der Waals surface area (Å²) in [7, 11) is 0. The van der Waals surface area contributed by atoms with Gasteiger partial charge in [-0.05, 0) is 26.7 Å². The van der Waals surface area contributed by atoms with Gasteiger partial charge in [0.05, 0.1) is 0 Å². The SMILES string of the molecule is CCCCOCCC(C)(C)N. The molecule has 0 saturated heterocycles. The highest BCUT2D eigenvalue weighted by molar-refractivity contribution is 4.70. The Morgan fingerprint density at radius 3 is 2.36 bits per heavy atom. The number of hydrogen-bond donors (Lipinski definition) is 1. The maximum Gasteiger partial charge on any atom is 0.0483 e. The number of nitrogens with two attached hydrogens (primary N) is 1. The monoisotopic (exact) mass is 159 g/mol. The smallest absolute Gasteiger partial charge is 0.0483 e. The molecular formula is C9H21NO. The van der Waals surface area contributed by atoms with Crippen molar-refractivity contribution in [3.63, 3.8) is 0 Å². The van der Waals surface area contributed by atoms with Gasteiger partial charge in [-0.1, -0.05) is 13.3 Å². The molecule has 0 fully saturated rings. The van der Waals surface area contributed by atoms with Gasteiger partial charge in [-0.25, -0.2) is 0 Å². The maximum absolute atomic E-state index is 5.77. The van der Waals surface area contributed by atoms with Gasteiger partial charge in [0.1, 0.15) is 0 Å². The molecule has 11 heavy (non-hydrogen) atoms. The first-order valence-corrected chi connectivity index (χ1v) is 4.43. The van der Waals surface area contributed by atoms with E-state index in [9.17, 15) is 0 Å². The molecule has 2 nitrogen and oxygen atoms in total. The second-order valence-electron chi connectivity index (χ2n) is 3.70. The van der Waals surface area contributed by atoms with E-state index in [0.29, 0.717) is 0 Å². The molecular weight excluding hydrogens is 138 g/mol. The average Bonchev–Trinajstić information content (AvgIpc) is 1.85. The molecule has 0 aromatic carbocycles. The normalized spacial score (nSPS) is 12.0. The van der Waals surface area contributed by atoms with Crippen LogP contribution in [0.3, 0.4) is 0 Å². The summed E-state index contributed by atoms with van der Waals surface area (Å²) in [5.41, 5.74) is 5.69. The van der Waals surface area contributed by atoms with Gasteiger partial charge in [-0.3, -0.25) is 0 Å². The highest BCUT2D eigenvalue weighted by atomic mass is 16.5. The first-order valence-electron chi connectivity index (χ1n) is 4.43. The largest absolute Gasteiger partial charge is 0.381 e. The molecule has 0 unspecified atom stereocenters. The molecule has 0 rings (SSSR count). The molecule has 2 heteroatoms. The Hall–Kier alpha value is -0.0800. The molecule has 0 aliphatic rings. The third-order valence-corrected chi connectivity index (χ3v) is 1.53. The van der Waals surface area contributed by atoms with Gasteiger partial charge in [0.2, 0.25) is 0 Å². The lowest BCUT2D eigenvalue weighted by Gasteiger charge is -2.17. The van der Waals surface area contributed by atoms with Crippen molar-refractivity contribution in [3.05, 3.63) is 0 Å². The van der Waals surface area contributed by atoms with Crippen molar-refractivity contribution in [2.75, 3.05) is 13.2 Å². The van der Waals surface area contributed by atoms with Crippen LogP contribution in [0.1, 0.15) is 40.0 Å².